The van der Waals surface area contributed by atoms with Crippen LogP contribution in [0.3, 0.4) is 0 Å². The number of fused-ring (bicyclic) bond motifs is 1. The van der Waals surface area contributed by atoms with Gasteiger partial charge in [-0.3, -0.25) is 4.79 Å². The number of hydrogen-bond acceptors (Lipinski definition) is 5. The van der Waals surface area contributed by atoms with Crippen molar-refractivity contribution in [2.24, 2.45) is 13.0 Å². The molecule has 2 atom stereocenters. The zero-order chi connectivity index (χ0) is 23.5. The maximum absolute atomic E-state index is 13.2. The lowest BCUT2D eigenvalue weighted by atomic mass is 9.79. The second kappa shape index (κ2) is 9.55. The maximum Gasteiger partial charge on any atom is 0.309 e. The first-order chi connectivity index (χ1) is 15.9. The van der Waals surface area contributed by atoms with Crippen LogP contribution in [0, 0.1) is 19.8 Å². The average molecular weight is 444 g/mol. The number of rotatable bonds is 7. The Balaban J connectivity index is 1.74. The first kappa shape index (κ1) is 22.7. The Labute approximate surface area is 193 Å². The third kappa shape index (κ3) is 4.52. The van der Waals surface area contributed by atoms with Gasteiger partial charge in [0.05, 0.1) is 18.0 Å². The van der Waals surface area contributed by atoms with Gasteiger partial charge in [-0.15, -0.1) is 5.10 Å². The predicted molar refractivity (Wildman–Crippen MR) is 128 cm³/mol. The molecule has 0 radical (unpaired) electrons. The molecule has 4 rings (SSSR count). The molecule has 0 amide bonds. The van der Waals surface area contributed by atoms with E-state index >= 15 is 0 Å². The number of nitrogens with zero attached hydrogens (tertiary/aromatic N) is 3. The van der Waals surface area contributed by atoms with Crippen molar-refractivity contribution in [2.45, 2.75) is 39.9 Å². The highest BCUT2D eigenvalue weighted by Gasteiger charge is 2.31. The molecule has 4 aromatic rings. The number of carbonyl (C=O) groups excluding carboxylic acids is 1. The Morgan fingerprint density at radius 3 is 2.58 bits per heavy atom. The van der Waals surface area contributed by atoms with E-state index in [4.69, 9.17) is 4.74 Å². The third-order valence-electron chi connectivity index (χ3n) is 6.41. The van der Waals surface area contributed by atoms with Gasteiger partial charge in [-0.25, -0.2) is 4.68 Å². The Morgan fingerprint density at radius 1 is 1.09 bits per heavy atom. The number of aliphatic hydroxyl groups excluding tert-OH is 1. The molecule has 0 aliphatic heterocycles. The molecule has 1 heterocycles. The molecule has 0 bridgehead atoms. The summed E-state index contributed by atoms with van der Waals surface area (Å²) in [6.45, 7) is 6.06. The fourth-order valence-electron chi connectivity index (χ4n) is 4.37. The molecular formula is C27H29N3O3. The molecule has 0 saturated carbocycles. The second-order valence-electron chi connectivity index (χ2n) is 8.56. The number of esters is 1. The Morgan fingerprint density at radius 2 is 1.85 bits per heavy atom. The molecule has 170 valence electrons. The van der Waals surface area contributed by atoms with Crippen molar-refractivity contribution in [1.29, 1.82) is 0 Å². The molecular weight excluding hydrogens is 414 g/mol. The molecule has 0 unspecified atom stereocenters. The minimum absolute atomic E-state index is 0.0542. The molecule has 6 heteroatoms. The van der Waals surface area contributed by atoms with Crippen LogP contribution in [0.1, 0.15) is 46.2 Å². The van der Waals surface area contributed by atoms with Crippen LogP contribution in [0.5, 0.6) is 0 Å². The summed E-state index contributed by atoms with van der Waals surface area (Å²) >= 11 is 0. The highest BCUT2D eigenvalue weighted by Crippen LogP contribution is 2.37. The third-order valence-corrected chi connectivity index (χ3v) is 6.41. The number of aliphatic hydroxyl groups is 1. The first-order valence-corrected chi connectivity index (χ1v) is 11.1. The second-order valence-corrected chi connectivity index (χ2v) is 8.56. The van der Waals surface area contributed by atoms with Gasteiger partial charge < -0.3 is 9.84 Å². The number of benzene rings is 3. The van der Waals surface area contributed by atoms with E-state index < -0.39 is 5.92 Å². The van der Waals surface area contributed by atoms with E-state index in [0.29, 0.717) is 0 Å². The molecule has 0 aliphatic carbocycles. The van der Waals surface area contributed by atoms with E-state index in [9.17, 15) is 9.90 Å². The summed E-state index contributed by atoms with van der Waals surface area (Å²) in [5.74, 6) is -0.977. The summed E-state index contributed by atoms with van der Waals surface area (Å²) in [4.78, 5) is 13.2. The Hall–Kier alpha value is -3.51. The van der Waals surface area contributed by atoms with E-state index in [1.165, 1.54) is 0 Å². The van der Waals surface area contributed by atoms with Crippen molar-refractivity contribution in [3.05, 3.63) is 94.0 Å². The van der Waals surface area contributed by atoms with Gasteiger partial charge in [-0.1, -0.05) is 66.7 Å². The van der Waals surface area contributed by atoms with Crippen LogP contribution in [0.15, 0.2) is 60.7 Å². The fraction of sp³-hybridized carbons (Fsp3) is 0.296. The molecule has 0 aliphatic rings. The van der Waals surface area contributed by atoms with Gasteiger partial charge in [-0.2, -0.15) is 0 Å². The zero-order valence-corrected chi connectivity index (χ0v) is 19.4. The van der Waals surface area contributed by atoms with Crippen molar-refractivity contribution in [2.75, 3.05) is 0 Å². The van der Waals surface area contributed by atoms with Crippen molar-refractivity contribution < 1.29 is 14.6 Å². The van der Waals surface area contributed by atoms with E-state index in [-0.39, 0.29) is 25.1 Å². The van der Waals surface area contributed by atoms with Gasteiger partial charge in [0.15, 0.2) is 0 Å². The standard InChI is InChI=1S/C27H29N3O3/c1-17-10-11-21(14-22(17)15-31)25(19(3)27(32)33-16-20-8-6-5-7-9-20)23-12-13-24-26(18(23)2)28-29-30(24)4/h5-14,19,25,31H,15-16H2,1-4H3/t19-,25-/m0/s1. The summed E-state index contributed by atoms with van der Waals surface area (Å²) in [5, 5.41) is 18.3. The van der Waals surface area contributed by atoms with Gasteiger partial charge in [0.25, 0.3) is 0 Å². The van der Waals surface area contributed by atoms with E-state index in [1.807, 2.05) is 88.5 Å². The first-order valence-electron chi connectivity index (χ1n) is 11.1. The maximum atomic E-state index is 13.2. The molecule has 0 fully saturated rings. The molecule has 1 aromatic heterocycles. The molecule has 1 N–H and O–H groups in total. The van der Waals surface area contributed by atoms with Crippen molar-refractivity contribution in [1.82, 2.24) is 15.0 Å². The molecule has 3 aromatic carbocycles. The van der Waals surface area contributed by atoms with Crippen molar-refractivity contribution in [3.8, 4) is 0 Å². The predicted octanol–water partition coefficient (Wildman–Crippen LogP) is 4.59. The number of aryl methyl sites for hydroxylation is 3. The topological polar surface area (TPSA) is 77.2 Å². The van der Waals surface area contributed by atoms with Crippen molar-refractivity contribution >= 4 is 17.0 Å². The lowest BCUT2D eigenvalue weighted by Gasteiger charge is -2.26. The smallest absolute Gasteiger partial charge is 0.309 e. The van der Waals surface area contributed by atoms with Gasteiger partial charge >= 0.3 is 5.97 Å². The van der Waals surface area contributed by atoms with Crippen LogP contribution in [0.4, 0.5) is 0 Å². The molecule has 6 nitrogen and oxygen atoms in total. The van der Waals surface area contributed by atoms with E-state index in [2.05, 4.69) is 10.3 Å². The SMILES string of the molecule is Cc1ccc([C@@H](c2ccc3c(nnn3C)c2C)[C@H](C)C(=O)OCc2ccccc2)cc1CO. The van der Waals surface area contributed by atoms with Crippen LogP contribution < -0.4 is 0 Å². The fourth-order valence-corrected chi connectivity index (χ4v) is 4.37. The number of ether oxygens (including phenoxy) is 1. The Kier molecular flexibility index (Phi) is 6.56. The van der Waals surface area contributed by atoms with Gasteiger partial charge in [-0.05, 0) is 53.3 Å². The minimum Gasteiger partial charge on any atom is -0.461 e. The highest BCUT2D eigenvalue weighted by molar-refractivity contribution is 5.81. The zero-order valence-electron chi connectivity index (χ0n) is 19.4. The monoisotopic (exact) mass is 443 g/mol. The van der Waals surface area contributed by atoms with Crippen LogP contribution in [-0.4, -0.2) is 26.1 Å². The van der Waals surface area contributed by atoms with Crippen LogP contribution in [0.2, 0.25) is 0 Å². The molecule has 0 saturated heterocycles. The van der Waals surface area contributed by atoms with Gasteiger partial charge in [0, 0.05) is 13.0 Å². The summed E-state index contributed by atoms with van der Waals surface area (Å²) in [6.07, 6.45) is 0. The van der Waals surface area contributed by atoms with Crippen molar-refractivity contribution in [3.63, 3.8) is 0 Å². The minimum atomic E-state index is -0.448. The van der Waals surface area contributed by atoms with E-state index in [0.717, 1.165) is 44.4 Å². The average Bonchev–Trinajstić information content (AvgIpc) is 3.22. The largest absolute Gasteiger partial charge is 0.461 e. The lowest BCUT2D eigenvalue weighted by Crippen LogP contribution is -2.24. The van der Waals surface area contributed by atoms with E-state index in [1.54, 1.807) is 4.68 Å². The quantitative estimate of drug-likeness (QED) is 0.423. The number of carbonyl (C=O) groups is 1. The Bertz CT molecular complexity index is 1280. The molecule has 0 spiro atoms. The highest BCUT2D eigenvalue weighted by atomic mass is 16.5. The van der Waals surface area contributed by atoms with Crippen LogP contribution >= 0.6 is 0 Å². The molecule has 33 heavy (non-hydrogen) atoms. The summed E-state index contributed by atoms with van der Waals surface area (Å²) < 4.78 is 7.45. The van der Waals surface area contributed by atoms with Gasteiger partial charge in [0.2, 0.25) is 0 Å². The van der Waals surface area contributed by atoms with Gasteiger partial charge in [0.1, 0.15) is 12.1 Å². The lowest BCUT2D eigenvalue weighted by molar-refractivity contribution is -0.149. The number of hydrogen-bond donors (Lipinski definition) is 1. The summed E-state index contributed by atoms with van der Waals surface area (Å²) in [6, 6.07) is 19.7. The summed E-state index contributed by atoms with van der Waals surface area (Å²) in [5.41, 5.74) is 7.51. The summed E-state index contributed by atoms with van der Waals surface area (Å²) in [7, 11) is 1.86. The van der Waals surface area contributed by atoms with Crippen LogP contribution in [0.25, 0.3) is 11.0 Å². The number of aromatic nitrogens is 3. The van der Waals surface area contributed by atoms with Crippen LogP contribution in [-0.2, 0) is 29.8 Å². The normalized spacial score (nSPS) is 13.1.